The first kappa shape index (κ1) is 13.8. The number of benzene rings is 1. The number of carboxylic acid groups (broad SMARTS) is 1. The molecule has 96 valence electrons. The summed E-state index contributed by atoms with van der Waals surface area (Å²) in [6.45, 7) is 1.27. The lowest BCUT2D eigenvalue weighted by molar-refractivity contribution is -0.385. The standard InChI is InChI=1S/C11H11NO6/c1-6(13)4-8-5-7(10(14)11(15)16)2-3-9(8)12(17)18/h2-3,5,10,14H,4H2,1H3,(H,15,16). The average molecular weight is 253 g/mol. The smallest absolute Gasteiger partial charge is 0.337 e. The molecule has 0 saturated carbocycles. The molecular weight excluding hydrogens is 242 g/mol. The Labute approximate surface area is 102 Å². The summed E-state index contributed by atoms with van der Waals surface area (Å²) in [6.07, 6.45) is -1.95. The molecule has 1 unspecified atom stereocenters. The highest BCUT2D eigenvalue weighted by Crippen LogP contribution is 2.24. The SMILES string of the molecule is CC(=O)Cc1cc(C(O)C(=O)O)ccc1[N+](=O)[O-]. The third-order valence-corrected chi connectivity index (χ3v) is 2.29. The lowest BCUT2D eigenvalue weighted by Gasteiger charge is -2.08. The number of aliphatic hydroxyl groups is 1. The molecule has 18 heavy (non-hydrogen) atoms. The summed E-state index contributed by atoms with van der Waals surface area (Å²) in [5, 5.41) is 28.7. The van der Waals surface area contributed by atoms with Gasteiger partial charge in [0.25, 0.3) is 5.69 Å². The zero-order chi connectivity index (χ0) is 13.9. The van der Waals surface area contributed by atoms with E-state index in [1.165, 1.54) is 6.92 Å². The van der Waals surface area contributed by atoms with Crippen LogP contribution in [0.1, 0.15) is 24.2 Å². The third kappa shape index (κ3) is 3.11. The second-order valence-corrected chi connectivity index (χ2v) is 3.76. The number of aliphatic carboxylic acids is 1. The van der Waals surface area contributed by atoms with Crippen LogP contribution in [0.25, 0.3) is 0 Å². The molecule has 1 rings (SSSR count). The zero-order valence-corrected chi connectivity index (χ0v) is 9.49. The molecular formula is C11H11NO6. The van der Waals surface area contributed by atoms with E-state index in [1.54, 1.807) is 0 Å². The summed E-state index contributed by atoms with van der Waals surface area (Å²) < 4.78 is 0. The normalized spacial score (nSPS) is 11.9. The van der Waals surface area contributed by atoms with Crippen LogP contribution in [0.15, 0.2) is 18.2 Å². The zero-order valence-electron chi connectivity index (χ0n) is 9.49. The van der Waals surface area contributed by atoms with E-state index in [0.717, 1.165) is 18.2 Å². The van der Waals surface area contributed by atoms with Crippen LogP contribution in [0.5, 0.6) is 0 Å². The highest BCUT2D eigenvalue weighted by atomic mass is 16.6. The van der Waals surface area contributed by atoms with Crippen molar-refractivity contribution in [2.75, 3.05) is 0 Å². The van der Waals surface area contributed by atoms with Gasteiger partial charge in [-0.3, -0.25) is 14.9 Å². The monoisotopic (exact) mass is 253 g/mol. The van der Waals surface area contributed by atoms with Gasteiger partial charge in [-0.2, -0.15) is 0 Å². The molecule has 0 aliphatic heterocycles. The van der Waals surface area contributed by atoms with Gasteiger partial charge in [0.15, 0.2) is 6.10 Å². The van der Waals surface area contributed by atoms with E-state index < -0.39 is 17.0 Å². The lowest BCUT2D eigenvalue weighted by Crippen LogP contribution is -2.11. The number of carboxylic acids is 1. The number of nitro groups is 1. The molecule has 0 spiro atoms. The Balaban J connectivity index is 3.24. The maximum Gasteiger partial charge on any atom is 0.337 e. The largest absolute Gasteiger partial charge is 0.479 e. The molecule has 0 heterocycles. The first-order chi connectivity index (χ1) is 8.32. The van der Waals surface area contributed by atoms with Crippen LogP contribution in [0, 0.1) is 10.1 Å². The Kier molecular flexibility index (Phi) is 4.11. The second-order valence-electron chi connectivity index (χ2n) is 3.76. The number of carbonyl (C=O) groups is 2. The third-order valence-electron chi connectivity index (χ3n) is 2.29. The molecule has 0 aliphatic rings. The van der Waals surface area contributed by atoms with E-state index in [0.29, 0.717) is 0 Å². The van der Waals surface area contributed by atoms with E-state index in [9.17, 15) is 24.8 Å². The van der Waals surface area contributed by atoms with Crippen molar-refractivity contribution in [3.05, 3.63) is 39.4 Å². The fraction of sp³-hybridized carbons (Fsp3) is 0.273. The molecule has 0 aliphatic carbocycles. The van der Waals surface area contributed by atoms with Gasteiger partial charge in [0.2, 0.25) is 0 Å². The number of nitrogens with zero attached hydrogens (tertiary/aromatic N) is 1. The lowest BCUT2D eigenvalue weighted by atomic mass is 10.0. The van der Waals surface area contributed by atoms with Crippen molar-refractivity contribution in [3.8, 4) is 0 Å². The molecule has 1 aromatic rings. The summed E-state index contributed by atoms with van der Waals surface area (Å²) >= 11 is 0. The highest BCUT2D eigenvalue weighted by Gasteiger charge is 2.21. The molecule has 0 radical (unpaired) electrons. The number of Topliss-reactive ketones (excluding diaryl/α,β-unsaturated/α-hetero) is 1. The van der Waals surface area contributed by atoms with Crippen LogP contribution in [-0.4, -0.2) is 26.9 Å². The molecule has 0 amide bonds. The fourth-order valence-corrected chi connectivity index (χ4v) is 1.51. The molecule has 0 fully saturated rings. The van der Waals surface area contributed by atoms with Gasteiger partial charge < -0.3 is 10.2 Å². The molecule has 1 aromatic carbocycles. The molecule has 1 atom stereocenters. The minimum atomic E-state index is -1.77. The van der Waals surface area contributed by atoms with Gasteiger partial charge in [0, 0.05) is 18.1 Å². The first-order valence-corrected chi connectivity index (χ1v) is 5.00. The first-order valence-electron chi connectivity index (χ1n) is 5.00. The number of carbonyl (C=O) groups excluding carboxylic acids is 1. The quantitative estimate of drug-likeness (QED) is 0.593. The predicted octanol–water partition coefficient (Wildman–Crippen LogP) is 0.844. The fourth-order valence-electron chi connectivity index (χ4n) is 1.51. The van der Waals surface area contributed by atoms with Gasteiger partial charge in [-0.05, 0) is 24.6 Å². The van der Waals surface area contributed by atoms with Crippen LogP contribution in [0.2, 0.25) is 0 Å². The van der Waals surface area contributed by atoms with Gasteiger partial charge in [0.1, 0.15) is 5.78 Å². The van der Waals surface area contributed by atoms with Crippen molar-refractivity contribution in [1.29, 1.82) is 0 Å². The van der Waals surface area contributed by atoms with Gasteiger partial charge in [-0.15, -0.1) is 0 Å². The van der Waals surface area contributed by atoms with Crippen LogP contribution >= 0.6 is 0 Å². The molecule has 2 N–H and O–H groups in total. The Morgan fingerprint density at radius 1 is 1.44 bits per heavy atom. The summed E-state index contributed by atoms with van der Waals surface area (Å²) in [7, 11) is 0. The van der Waals surface area contributed by atoms with Gasteiger partial charge >= 0.3 is 5.97 Å². The number of rotatable bonds is 5. The Morgan fingerprint density at radius 3 is 2.50 bits per heavy atom. The maximum absolute atomic E-state index is 11.0. The predicted molar refractivity (Wildman–Crippen MR) is 60.1 cm³/mol. The van der Waals surface area contributed by atoms with Crippen LogP contribution < -0.4 is 0 Å². The number of aliphatic hydroxyl groups excluding tert-OH is 1. The minimum Gasteiger partial charge on any atom is -0.479 e. The molecule has 0 bridgehead atoms. The van der Waals surface area contributed by atoms with Crippen molar-refractivity contribution in [1.82, 2.24) is 0 Å². The average Bonchev–Trinajstić information content (AvgIpc) is 2.26. The van der Waals surface area contributed by atoms with Crippen molar-refractivity contribution in [2.45, 2.75) is 19.4 Å². The number of hydrogen-bond acceptors (Lipinski definition) is 5. The topological polar surface area (TPSA) is 118 Å². The van der Waals surface area contributed by atoms with E-state index in [4.69, 9.17) is 5.11 Å². The van der Waals surface area contributed by atoms with Gasteiger partial charge in [0.05, 0.1) is 4.92 Å². The number of nitro benzene ring substituents is 1. The molecule has 0 saturated heterocycles. The molecule has 0 aromatic heterocycles. The highest BCUT2D eigenvalue weighted by molar-refractivity contribution is 5.80. The van der Waals surface area contributed by atoms with Gasteiger partial charge in [-0.25, -0.2) is 4.79 Å². The minimum absolute atomic E-state index is 0.00403. The molecule has 7 heteroatoms. The number of hydrogen-bond donors (Lipinski definition) is 2. The number of ketones is 1. The van der Waals surface area contributed by atoms with Crippen molar-refractivity contribution >= 4 is 17.4 Å². The Hall–Kier alpha value is -2.28. The van der Waals surface area contributed by atoms with Crippen molar-refractivity contribution in [3.63, 3.8) is 0 Å². The molecule has 7 nitrogen and oxygen atoms in total. The van der Waals surface area contributed by atoms with E-state index >= 15 is 0 Å². The second kappa shape index (κ2) is 5.37. The van der Waals surface area contributed by atoms with Gasteiger partial charge in [-0.1, -0.05) is 0 Å². The van der Waals surface area contributed by atoms with Crippen molar-refractivity contribution < 1.29 is 24.7 Å². The Bertz CT molecular complexity index is 510. The summed E-state index contributed by atoms with van der Waals surface area (Å²) in [6, 6.07) is 3.40. The van der Waals surface area contributed by atoms with E-state index in [1.807, 2.05) is 0 Å². The summed E-state index contributed by atoms with van der Waals surface area (Å²) in [4.78, 5) is 31.7. The summed E-state index contributed by atoms with van der Waals surface area (Å²) in [5.41, 5.74) is -0.179. The van der Waals surface area contributed by atoms with Crippen LogP contribution in [0.4, 0.5) is 5.69 Å². The Morgan fingerprint density at radius 2 is 2.06 bits per heavy atom. The van der Waals surface area contributed by atoms with E-state index in [2.05, 4.69) is 0 Å². The van der Waals surface area contributed by atoms with Crippen LogP contribution in [0.3, 0.4) is 0 Å². The summed E-state index contributed by atoms with van der Waals surface area (Å²) in [5.74, 6) is -1.75. The maximum atomic E-state index is 11.0. The van der Waals surface area contributed by atoms with Crippen molar-refractivity contribution in [2.24, 2.45) is 0 Å². The van der Waals surface area contributed by atoms with Crippen LogP contribution in [-0.2, 0) is 16.0 Å². The van der Waals surface area contributed by atoms with E-state index in [-0.39, 0.29) is 29.0 Å².